The third-order valence-electron chi connectivity index (χ3n) is 3.30. The van der Waals surface area contributed by atoms with Gasteiger partial charge >= 0.3 is 17.6 Å². The molecule has 2 aromatic rings. The second kappa shape index (κ2) is 9.18. The standard InChI is InChI=1S/C18H18N2O7/c1-3-6-19-18(24)20-15(21)9-26-17(23)10-25-12-4-5-13-11(2)7-16(22)27-14(13)8-12/h3-5,7-8H,1,6,9-10H2,2H3,(H2,19,20,21,24). The number of imide groups is 1. The molecule has 1 heterocycles. The molecule has 2 N–H and O–H groups in total. The molecule has 142 valence electrons. The van der Waals surface area contributed by atoms with Crippen molar-refractivity contribution >= 4 is 28.9 Å². The highest BCUT2D eigenvalue weighted by atomic mass is 16.6. The first kappa shape index (κ1) is 19.7. The highest BCUT2D eigenvalue weighted by Gasteiger charge is 2.11. The van der Waals surface area contributed by atoms with E-state index in [1.54, 1.807) is 19.1 Å². The van der Waals surface area contributed by atoms with E-state index in [0.29, 0.717) is 11.3 Å². The van der Waals surface area contributed by atoms with Crippen molar-refractivity contribution in [1.82, 2.24) is 10.6 Å². The van der Waals surface area contributed by atoms with Gasteiger partial charge in [0.1, 0.15) is 11.3 Å². The first-order valence-corrected chi connectivity index (χ1v) is 7.90. The van der Waals surface area contributed by atoms with Crippen LogP contribution in [0, 0.1) is 6.92 Å². The van der Waals surface area contributed by atoms with E-state index in [2.05, 4.69) is 11.9 Å². The third-order valence-corrected chi connectivity index (χ3v) is 3.30. The van der Waals surface area contributed by atoms with Crippen molar-refractivity contribution < 1.29 is 28.3 Å². The van der Waals surface area contributed by atoms with Crippen LogP contribution in [0.1, 0.15) is 5.56 Å². The molecule has 0 spiro atoms. The molecule has 0 unspecified atom stereocenters. The number of nitrogens with one attached hydrogen (secondary N) is 2. The quantitative estimate of drug-likeness (QED) is 0.421. The van der Waals surface area contributed by atoms with Crippen molar-refractivity contribution in [3.63, 3.8) is 0 Å². The smallest absolute Gasteiger partial charge is 0.344 e. The molecule has 1 aromatic heterocycles. The van der Waals surface area contributed by atoms with Crippen LogP contribution < -0.4 is 21.0 Å². The zero-order valence-corrected chi connectivity index (χ0v) is 14.6. The van der Waals surface area contributed by atoms with Crippen LogP contribution in [0.2, 0.25) is 0 Å². The molecule has 0 radical (unpaired) electrons. The summed E-state index contributed by atoms with van der Waals surface area (Å²) in [6.45, 7) is 4.29. The molecule has 9 nitrogen and oxygen atoms in total. The van der Waals surface area contributed by atoms with Gasteiger partial charge in [0.05, 0.1) is 0 Å². The minimum absolute atomic E-state index is 0.193. The lowest BCUT2D eigenvalue weighted by molar-refractivity contribution is -0.150. The molecule has 0 saturated carbocycles. The summed E-state index contributed by atoms with van der Waals surface area (Å²) in [4.78, 5) is 45.7. The normalized spacial score (nSPS) is 10.1. The molecular weight excluding hydrogens is 356 g/mol. The number of benzene rings is 1. The highest BCUT2D eigenvalue weighted by Crippen LogP contribution is 2.22. The fourth-order valence-corrected chi connectivity index (χ4v) is 2.10. The van der Waals surface area contributed by atoms with Crippen LogP contribution in [0.3, 0.4) is 0 Å². The zero-order valence-electron chi connectivity index (χ0n) is 14.6. The summed E-state index contributed by atoms with van der Waals surface area (Å²) < 4.78 is 15.1. The van der Waals surface area contributed by atoms with E-state index in [-0.39, 0.29) is 6.54 Å². The van der Waals surface area contributed by atoms with Gasteiger partial charge in [0, 0.05) is 24.1 Å². The summed E-state index contributed by atoms with van der Waals surface area (Å²) in [5, 5.41) is 5.06. The van der Waals surface area contributed by atoms with Crippen molar-refractivity contribution in [2.24, 2.45) is 0 Å². The summed E-state index contributed by atoms with van der Waals surface area (Å²) in [6, 6.07) is 5.44. The molecule has 3 amide bonds. The van der Waals surface area contributed by atoms with E-state index in [0.717, 1.165) is 10.9 Å². The van der Waals surface area contributed by atoms with E-state index >= 15 is 0 Å². The lowest BCUT2D eigenvalue weighted by Gasteiger charge is -2.08. The Labute approximate surface area is 153 Å². The second-order valence-electron chi connectivity index (χ2n) is 5.40. The Bertz CT molecular complexity index is 933. The number of rotatable bonds is 7. The first-order valence-electron chi connectivity index (χ1n) is 7.90. The Morgan fingerprint density at radius 1 is 1.22 bits per heavy atom. The Morgan fingerprint density at radius 3 is 2.74 bits per heavy atom. The summed E-state index contributed by atoms with van der Waals surface area (Å²) >= 11 is 0. The van der Waals surface area contributed by atoms with Crippen molar-refractivity contribution in [3.05, 3.63) is 52.9 Å². The molecule has 0 atom stereocenters. The topological polar surface area (TPSA) is 124 Å². The summed E-state index contributed by atoms with van der Waals surface area (Å²) in [6.07, 6.45) is 1.45. The molecular formula is C18H18N2O7. The second-order valence-corrected chi connectivity index (χ2v) is 5.40. The molecule has 27 heavy (non-hydrogen) atoms. The van der Waals surface area contributed by atoms with Crippen molar-refractivity contribution in [1.29, 1.82) is 0 Å². The van der Waals surface area contributed by atoms with Gasteiger partial charge in [0.15, 0.2) is 13.2 Å². The van der Waals surface area contributed by atoms with Gasteiger partial charge in [-0.05, 0) is 24.6 Å². The van der Waals surface area contributed by atoms with Crippen molar-refractivity contribution in [3.8, 4) is 5.75 Å². The summed E-state index contributed by atoms with van der Waals surface area (Å²) in [5.74, 6) is -1.29. The molecule has 0 bridgehead atoms. The van der Waals surface area contributed by atoms with Gasteiger partial charge in [0.25, 0.3) is 5.91 Å². The van der Waals surface area contributed by atoms with Crippen LogP contribution in [-0.2, 0) is 14.3 Å². The van der Waals surface area contributed by atoms with Crippen LogP contribution in [0.5, 0.6) is 5.75 Å². The third kappa shape index (κ3) is 5.99. The lowest BCUT2D eigenvalue weighted by atomic mass is 10.1. The van der Waals surface area contributed by atoms with E-state index in [4.69, 9.17) is 13.9 Å². The van der Waals surface area contributed by atoms with Crippen LogP contribution in [0.15, 0.2) is 46.1 Å². The van der Waals surface area contributed by atoms with E-state index in [1.165, 1.54) is 18.2 Å². The van der Waals surface area contributed by atoms with Crippen molar-refractivity contribution in [2.75, 3.05) is 19.8 Å². The minimum Gasteiger partial charge on any atom is -0.482 e. The van der Waals surface area contributed by atoms with Gasteiger partial charge < -0.3 is 19.2 Å². The van der Waals surface area contributed by atoms with Gasteiger partial charge in [-0.15, -0.1) is 6.58 Å². The predicted molar refractivity (Wildman–Crippen MR) is 95.4 cm³/mol. The van der Waals surface area contributed by atoms with E-state index in [9.17, 15) is 19.2 Å². The van der Waals surface area contributed by atoms with Crippen LogP contribution in [0.25, 0.3) is 11.0 Å². The monoisotopic (exact) mass is 374 g/mol. The molecule has 0 aliphatic rings. The maximum Gasteiger partial charge on any atom is 0.344 e. The molecule has 2 rings (SSSR count). The number of carbonyl (C=O) groups is 3. The Hall–Kier alpha value is -3.62. The number of esters is 1. The van der Waals surface area contributed by atoms with E-state index < -0.39 is 36.7 Å². The number of hydrogen-bond donors (Lipinski definition) is 2. The molecule has 0 aliphatic carbocycles. The average molecular weight is 374 g/mol. The summed E-state index contributed by atoms with van der Waals surface area (Å²) in [7, 11) is 0. The maximum absolute atomic E-state index is 11.6. The number of hydrogen-bond acceptors (Lipinski definition) is 7. The van der Waals surface area contributed by atoms with Gasteiger partial charge in [0.2, 0.25) is 0 Å². The Morgan fingerprint density at radius 2 is 2.00 bits per heavy atom. The SMILES string of the molecule is C=CCNC(=O)NC(=O)COC(=O)COc1ccc2c(C)cc(=O)oc2c1. The van der Waals surface area contributed by atoms with Crippen LogP contribution >= 0.6 is 0 Å². The number of aryl methyl sites for hydroxylation is 1. The highest BCUT2D eigenvalue weighted by molar-refractivity contribution is 5.95. The number of amides is 3. The fraction of sp³-hybridized carbons (Fsp3) is 0.222. The largest absolute Gasteiger partial charge is 0.482 e. The molecule has 9 heteroatoms. The number of fused-ring (bicyclic) bond motifs is 1. The number of ether oxygens (including phenoxy) is 2. The predicted octanol–water partition coefficient (Wildman–Crippen LogP) is 1.04. The van der Waals surface area contributed by atoms with Crippen LogP contribution in [0.4, 0.5) is 4.79 Å². The molecule has 1 aromatic carbocycles. The maximum atomic E-state index is 11.6. The summed E-state index contributed by atoms with van der Waals surface area (Å²) in [5.41, 5.74) is 0.603. The Balaban J connectivity index is 1.82. The molecule has 0 saturated heterocycles. The number of carbonyl (C=O) groups excluding carboxylic acids is 3. The number of urea groups is 1. The van der Waals surface area contributed by atoms with Gasteiger partial charge in [-0.25, -0.2) is 14.4 Å². The van der Waals surface area contributed by atoms with Crippen molar-refractivity contribution in [2.45, 2.75) is 6.92 Å². The molecule has 0 aliphatic heterocycles. The zero-order chi connectivity index (χ0) is 19.8. The van der Waals surface area contributed by atoms with Gasteiger partial charge in [-0.2, -0.15) is 0 Å². The molecule has 0 fully saturated rings. The fourth-order valence-electron chi connectivity index (χ4n) is 2.10. The lowest BCUT2D eigenvalue weighted by Crippen LogP contribution is -2.41. The van der Waals surface area contributed by atoms with Gasteiger partial charge in [-0.3, -0.25) is 10.1 Å². The Kier molecular flexibility index (Phi) is 6.70. The minimum atomic E-state index is -0.803. The first-order chi connectivity index (χ1) is 12.9. The van der Waals surface area contributed by atoms with Gasteiger partial charge in [-0.1, -0.05) is 6.08 Å². The average Bonchev–Trinajstić information content (AvgIpc) is 2.62. The van der Waals surface area contributed by atoms with E-state index in [1.807, 2.05) is 5.32 Å². The van der Waals surface area contributed by atoms with Crippen LogP contribution in [-0.4, -0.2) is 37.7 Å².